The fourth-order valence-corrected chi connectivity index (χ4v) is 3.94. The lowest BCUT2D eigenvalue weighted by molar-refractivity contribution is 0.166. The molecular formula is C21H43N. The molecule has 22 heavy (non-hydrogen) atoms. The Hall–Kier alpha value is -0.0400. The van der Waals surface area contributed by atoms with E-state index in [-0.39, 0.29) is 0 Å². The zero-order valence-corrected chi connectivity index (χ0v) is 15.8. The smallest absolute Gasteiger partial charge is 0.00952 e. The van der Waals surface area contributed by atoms with E-state index in [9.17, 15) is 0 Å². The predicted octanol–water partition coefficient (Wildman–Crippen LogP) is 6.95. The first kappa shape index (κ1) is 20.0. The Kier molecular flexibility index (Phi) is 13.2. The molecule has 0 amide bonds. The first-order valence-corrected chi connectivity index (χ1v) is 10.6. The number of hydrogen-bond acceptors (Lipinski definition) is 1. The molecular weight excluding hydrogens is 266 g/mol. The molecule has 0 unspecified atom stereocenters. The molecule has 0 spiro atoms. The molecule has 0 aromatic rings. The highest BCUT2D eigenvalue weighted by Gasteiger charge is 2.18. The molecule has 1 rings (SSSR count). The Morgan fingerprint density at radius 2 is 1.05 bits per heavy atom. The van der Waals surface area contributed by atoms with Crippen molar-refractivity contribution in [1.82, 2.24) is 4.90 Å². The molecule has 0 N–H and O–H groups in total. The van der Waals surface area contributed by atoms with Crippen molar-refractivity contribution in [3.63, 3.8) is 0 Å². The molecule has 0 atom stereocenters. The van der Waals surface area contributed by atoms with Crippen molar-refractivity contribution < 1.29 is 0 Å². The number of rotatable bonds is 11. The van der Waals surface area contributed by atoms with E-state index in [2.05, 4.69) is 18.7 Å². The first-order chi connectivity index (χ1) is 10.9. The van der Waals surface area contributed by atoms with Crippen LogP contribution in [-0.2, 0) is 0 Å². The van der Waals surface area contributed by atoms with E-state index < -0.39 is 0 Å². The summed E-state index contributed by atoms with van der Waals surface area (Å²) in [7, 11) is 0. The summed E-state index contributed by atoms with van der Waals surface area (Å²) >= 11 is 0. The minimum Gasteiger partial charge on any atom is -0.300 e. The van der Waals surface area contributed by atoms with Crippen molar-refractivity contribution >= 4 is 0 Å². The molecule has 0 aliphatic heterocycles. The lowest BCUT2D eigenvalue weighted by atomic mass is 10.0. The van der Waals surface area contributed by atoms with Crippen LogP contribution < -0.4 is 0 Å². The maximum atomic E-state index is 2.90. The standard InChI is InChI=1S/C21H43N/c1-3-5-7-15-19-22(20-16-8-6-4-2)21-17-13-11-9-10-12-14-18-21/h21H,3-20H2,1-2H3. The van der Waals surface area contributed by atoms with Crippen LogP contribution in [0.3, 0.4) is 0 Å². The summed E-state index contributed by atoms with van der Waals surface area (Å²) in [6.07, 6.45) is 23.1. The number of unbranched alkanes of at least 4 members (excludes halogenated alkanes) is 6. The number of hydrogen-bond donors (Lipinski definition) is 0. The maximum absolute atomic E-state index is 2.90. The van der Waals surface area contributed by atoms with E-state index in [4.69, 9.17) is 0 Å². The van der Waals surface area contributed by atoms with E-state index in [1.54, 1.807) is 0 Å². The van der Waals surface area contributed by atoms with Crippen LogP contribution >= 0.6 is 0 Å². The van der Waals surface area contributed by atoms with E-state index in [1.165, 1.54) is 116 Å². The topological polar surface area (TPSA) is 3.24 Å². The van der Waals surface area contributed by atoms with Crippen LogP contribution in [0.5, 0.6) is 0 Å². The fourth-order valence-electron chi connectivity index (χ4n) is 3.94. The van der Waals surface area contributed by atoms with Crippen LogP contribution in [0.15, 0.2) is 0 Å². The summed E-state index contributed by atoms with van der Waals surface area (Å²) in [6, 6.07) is 0.904. The van der Waals surface area contributed by atoms with Gasteiger partial charge in [-0.25, -0.2) is 0 Å². The largest absolute Gasteiger partial charge is 0.300 e. The Bertz CT molecular complexity index is 204. The highest BCUT2D eigenvalue weighted by molar-refractivity contribution is 4.74. The van der Waals surface area contributed by atoms with E-state index >= 15 is 0 Å². The van der Waals surface area contributed by atoms with Crippen LogP contribution in [0.1, 0.15) is 117 Å². The monoisotopic (exact) mass is 309 g/mol. The average molecular weight is 310 g/mol. The zero-order chi connectivity index (χ0) is 15.9. The van der Waals surface area contributed by atoms with Crippen LogP contribution in [0.25, 0.3) is 0 Å². The summed E-state index contributed by atoms with van der Waals surface area (Å²) in [6.45, 7) is 7.38. The lowest BCUT2D eigenvalue weighted by Crippen LogP contribution is -2.37. The van der Waals surface area contributed by atoms with Crippen LogP contribution in [-0.4, -0.2) is 24.0 Å². The molecule has 1 fully saturated rings. The quantitative estimate of drug-likeness (QED) is 0.373. The molecule has 1 nitrogen and oxygen atoms in total. The van der Waals surface area contributed by atoms with Gasteiger partial charge in [-0.3, -0.25) is 0 Å². The summed E-state index contributed by atoms with van der Waals surface area (Å²) < 4.78 is 0. The van der Waals surface area contributed by atoms with Crippen LogP contribution in [0.4, 0.5) is 0 Å². The van der Waals surface area contributed by atoms with Gasteiger partial charge >= 0.3 is 0 Å². The third-order valence-electron chi connectivity index (χ3n) is 5.44. The highest BCUT2D eigenvalue weighted by atomic mass is 15.1. The van der Waals surface area contributed by atoms with Crippen LogP contribution in [0, 0.1) is 0 Å². The van der Waals surface area contributed by atoms with Gasteiger partial charge in [-0.1, -0.05) is 90.9 Å². The summed E-state index contributed by atoms with van der Waals surface area (Å²) in [4.78, 5) is 2.90. The van der Waals surface area contributed by atoms with Crippen molar-refractivity contribution in [2.75, 3.05) is 13.1 Å². The second-order valence-corrected chi connectivity index (χ2v) is 7.51. The Morgan fingerprint density at radius 3 is 1.50 bits per heavy atom. The molecule has 1 saturated carbocycles. The van der Waals surface area contributed by atoms with Gasteiger partial charge in [-0.05, 0) is 38.8 Å². The molecule has 0 saturated heterocycles. The van der Waals surface area contributed by atoms with E-state index in [0.717, 1.165) is 6.04 Å². The number of nitrogens with zero attached hydrogens (tertiary/aromatic N) is 1. The summed E-state index contributed by atoms with van der Waals surface area (Å²) in [5.41, 5.74) is 0. The highest BCUT2D eigenvalue weighted by Crippen LogP contribution is 2.22. The van der Waals surface area contributed by atoms with Gasteiger partial charge in [-0.15, -0.1) is 0 Å². The van der Waals surface area contributed by atoms with Crippen molar-refractivity contribution in [3.05, 3.63) is 0 Å². The summed E-state index contributed by atoms with van der Waals surface area (Å²) in [5.74, 6) is 0. The van der Waals surface area contributed by atoms with Gasteiger partial charge < -0.3 is 4.90 Å². The third kappa shape index (κ3) is 9.87. The second kappa shape index (κ2) is 14.5. The minimum absolute atomic E-state index is 0.904. The van der Waals surface area contributed by atoms with Gasteiger partial charge in [0.05, 0.1) is 0 Å². The molecule has 0 bridgehead atoms. The second-order valence-electron chi connectivity index (χ2n) is 7.51. The predicted molar refractivity (Wildman–Crippen MR) is 101 cm³/mol. The lowest BCUT2D eigenvalue weighted by Gasteiger charge is -2.32. The first-order valence-electron chi connectivity index (χ1n) is 10.6. The van der Waals surface area contributed by atoms with Gasteiger partial charge in [0.2, 0.25) is 0 Å². The molecule has 0 aromatic carbocycles. The fraction of sp³-hybridized carbons (Fsp3) is 1.00. The van der Waals surface area contributed by atoms with E-state index in [0.29, 0.717) is 0 Å². The van der Waals surface area contributed by atoms with Gasteiger partial charge in [0.25, 0.3) is 0 Å². The van der Waals surface area contributed by atoms with Crippen molar-refractivity contribution in [1.29, 1.82) is 0 Å². The van der Waals surface area contributed by atoms with Crippen molar-refractivity contribution in [3.8, 4) is 0 Å². The van der Waals surface area contributed by atoms with E-state index in [1.807, 2.05) is 0 Å². The van der Waals surface area contributed by atoms with Crippen molar-refractivity contribution in [2.24, 2.45) is 0 Å². The van der Waals surface area contributed by atoms with Crippen molar-refractivity contribution in [2.45, 2.75) is 123 Å². The Morgan fingerprint density at radius 1 is 0.591 bits per heavy atom. The molecule has 1 heteroatoms. The molecule has 0 aromatic heterocycles. The van der Waals surface area contributed by atoms with Crippen LogP contribution in [0.2, 0.25) is 0 Å². The van der Waals surface area contributed by atoms with Gasteiger partial charge in [-0.2, -0.15) is 0 Å². The Labute approximate surface area is 141 Å². The molecule has 1 aliphatic carbocycles. The molecule has 0 heterocycles. The normalized spacial score (nSPS) is 18.1. The third-order valence-corrected chi connectivity index (χ3v) is 5.44. The minimum atomic E-state index is 0.904. The zero-order valence-electron chi connectivity index (χ0n) is 15.8. The molecule has 0 radical (unpaired) electrons. The molecule has 132 valence electrons. The Balaban J connectivity index is 2.40. The van der Waals surface area contributed by atoms with Gasteiger partial charge in [0, 0.05) is 6.04 Å². The maximum Gasteiger partial charge on any atom is 0.00952 e. The van der Waals surface area contributed by atoms with Gasteiger partial charge in [0.1, 0.15) is 0 Å². The average Bonchev–Trinajstić information content (AvgIpc) is 2.67. The molecule has 1 aliphatic rings. The SMILES string of the molecule is CCCCCCN(CCCCCC)C1CCCCCCCC1. The summed E-state index contributed by atoms with van der Waals surface area (Å²) in [5, 5.41) is 0. The van der Waals surface area contributed by atoms with Gasteiger partial charge in [0.15, 0.2) is 0 Å².